The maximum atomic E-state index is 14.4. The van der Waals surface area contributed by atoms with Crippen LogP contribution < -0.4 is 15.8 Å². The van der Waals surface area contributed by atoms with Crippen LogP contribution in [0.15, 0.2) is 30.4 Å². The molecule has 0 bridgehead atoms. The zero-order valence-electron chi connectivity index (χ0n) is 18.6. The van der Waals surface area contributed by atoms with Crippen molar-refractivity contribution in [2.24, 2.45) is 11.7 Å². The van der Waals surface area contributed by atoms with Crippen LogP contribution in [0.4, 0.5) is 27.6 Å². The molecule has 2 heterocycles. The fraction of sp³-hybridized carbons (Fsp3) is 0.381. The normalized spacial score (nSPS) is 25.5. The van der Waals surface area contributed by atoms with Crippen molar-refractivity contribution >= 4 is 17.5 Å². The van der Waals surface area contributed by atoms with Crippen molar-refractivity contribution in [2.75, 3.05) is 12.4 Å². The number of benzene rings is 1. The Labute approximate surface area is 186 Å². The molecule has 33 heavy (non-hydrogen) atoms. The molecule has 3 rings (SSSR count). The fourth-order valence-electron chi connectivity index (χ4n) is 3.84. The van der Waals surface area contributed by atoms with Crippen LogP contribution in [0.3, 0.4) is 0 Å². The molecule has 0 radical (unpaired) electrons. The largest absolute Gasteiger partial charge is 0.493 e. The summed E-state index contributed by atoms with van der Waals surface area (Å²) in [5.74, 6) is -8.34. The Morgan fingerprint density at radius 2 is 2.00 bits per heavy atom. The SMILES string of the molecule is [2H]c1cnc(C(N)=O)cc1NC(=O)[C@H]1O[C@@](C)(C(F)(F)F)[C@@H](C)[C@H]1c1ccc(F)c(F)c1OC. The van der Waals surface area contributed by atoms with Gasteiger partial charge in [-0.15, -0.1) is 0 Å². The summed E-state index contributed by atoms with van der Waals surface area (Å²) in [7, 11) is 1.01. The number of anilines is 1. The van der Waals surface area contributed by atoms with Gasteiger partial charge >= 0.3 is 6.18 Å². The second-order valence-electron chi connectivity index (χ2n) is 7.64. The van der Waals surface area contributed by atoms with E-state index in [4.69, 9.17) is 16.6 Å². The van der Waals surface area contributed by atoms with Crippen molar-refractivity contribution < 1.29 is 42.4 Å². The average molecular weight is 474 g/mol. The highest BCUT2D eigenvalue weighted by Gasteiger charge is 2.65. The first-order chi connectivity index (χ1) is 15.7. The molecule has 2 amide bonds. The van der Waals surface area contributed by atoms with E-state index in [1.165, 1.54) is 6.92 Å². The first-order valence-corrected chi connectivity index (χ1v) is 9.56. The van der Waals surface area contributed by atoms with Crippen molar-refractivity contribution in [3.63, 3.8) is 0 Å². The molecular formula is C21H20F5N3O4. The summed E-state index contributed by atoms with van der Waals surface area (Å²) in [5.41, 5.74) is 1.53. The predicted octanol–water partition coefficient (Wildman–Crippen LogP) is 3.55. The Morgan fingerprint density at radius 1 is 1.33 bits per heavy atom. The molecule has 0 spiro atoms. The van der Waals surface area contributed by atoms with Gasteiger partial charge in [0.2, 0.25) is 5.82 Å². The summed E-state index contributed by atoms with van der Waals surface area (Å²) < 4.78 is 88.0. The smallest absolute Gasteiger partial charge is 0.417 e. The minimum atomic E-state index is -4.93. The summed E-state index contributed by atoms with van der Waals surface area (Å²) in [6.45, 7) is 1.91. The molecule has 12 heteroatoms. The molecule has 0 aliphatic carbocycles. The number of carbonyl (C=O) groups excluding carboxylic acids is 2. The second kappa shape index (κ2) is 8.58. The van der Waals surface area contributed by atoms with E-state index < -0.39 is 58.9 Å². The van der Waals surface area contributed by atoms with Crippen LogP contribution in [0, 0.1) is 17.6 Å². The molecule has 0 unspecified atom stereocenters. The molecule has 2 aromatic rings. The summed E-state index contributed by atoms with van der Waals surface area (Å²) in [5, 5.41) is 2.25. The monoisotopic (exact) mass is 474 g/mol. The van der Waals surface area contributed by atoms with Crippen LogP contribution in [-0.4, -0.2) is 41.8 Å². The van der Waals surface area contributed by atoms with E-state index in [1.807, 2.05) is 0 Å². The maximum absolute atomic E-state index is 14.4. The van der Waals surface area contributed by atoms with Crippen molar-refractivity contribution in [3.8, 4) is 5.75 Å². The molecule has 1 aliphatic rings. The lowest BCUT2D eigenvalue weighted by Gasteiger charge is -2.32. The highest BCUT2D eigenvalue weighted by Crippen LogP contribution is 2.55. The van der Waals surface area contributed by atoms with Crippen LogP contribution >= 0.6 is 0 Å². The number of nitrogens with zero attached hydrogens (tertiary/aromatic N) is 1. The zero-order valence-corrected chi connectivity index (χ0v) is 17.6. The van der Waals surface area contributed by atoms with Gasteiger partial charge in [-0.2, -0.15) is 17.6 Å². The summed E-state index contributed by atoms with van der Waals surface area (Å²) in [6, 6.07) is 2.36. The molecule has 1 aromatic carbocycles. The average Bonchev–Trinajstić information content (AvgIpc) is 3.03. The highest BCUT2D eigenvalue weighted by atomic mass is 19.4. The molecule has 1 aliphatic heterocycles. The minimum absolute atomic E-state index is 0.208. The Kier molecular flexibility index (Phi) is 5.95. The van der Waals surface area contributed by atoms with Gasteiger partial charge in [0.15, 0.2) is 17.2 Å². The Morgan fingerprint density at radius 3 is 2.58 bits per heavy atom. The highest BCUT2D eigenvalue weighted by molar-refractivity contribution is 5.97. The number of alkyl halides is 3. The molecule has 7 nitrogen and oxygen atoms in total. The molecule has 0 saturated carbocycles. The molecular weight excluding hydrogens is 453 g/mol. The number of amides is 2. The number of pyridine rings is 1. The zero-order chi connectivity index (χ0) is 25.6. The van der Waals surface area contributed by atoms with E-state index in [2.05, 4.69) is 10.3 Å². The number of nitrogens with one attached hydrogen (secondary N) is 1. The van der Waals surface area contributed by atoms with Crippen molar-refractivity contribution in [1.29, 1.82) is 0 Å². The predicted molar refractivity (Wildman–Crippen MR) is 106 cm³/mol. The number of hydrogen-bond donors (Lipinski definition) is 2. The lowest BCUT2D eigenvalue weighted by molar-refractivity contribution is -0.272. The van der Waals surface area contributed by atoms with Crippen LogP contribution in [0.1, 0.15) is 37.2 Å². The minimum Gasteiger partial charge on any atom is -0.493 e. The van der Waals surface area contributed by atoms with Gasteiger partial charge in [-0.25, -0.2) is 4.39 Å². The van der Waals surface area contributed by atoms with Crippen LogP contribution in [-0.2, 0) is 9.53 Å². The third kappa shape index (κ3) is 4.22. The molecule has 178 valence electrons. The number of methoxy groups -OCH3 is 1. The lowest BCUT2D eigenvalue weighted by Crippen LogP contribution is -2.47. The number of halogens is 5. The molecule has 1 aromatic heterocycles. The summed E-state index contributed by atoms with van der Waals surface area (Å²) >= 11 is 0. The second-order valence-corrected chi connectivity index (χ2v) is 7.64. The molecule has 4 atom stereocenters. The van der Waals surface area contributed by atoms with Gasteiger partial charge in [0.1, 0.15) is 11.8 Å². The van der Waals surface area contributed by atoms with Crippen molar-refractivity contribution in [1.82, 2.24) is 4.98 Å². The van der Waals surface area contributed by atoms with Gasteiger partial charge in [0.25, 0.3) is 11.8 Å². The van der Waals surface area contributed by atoms with Gasteiger partial charge in [-0.1, -0.05) is 13.0 Å². The van der Waals surface area contributed by atoms with Crippen molar-refractivity contribution in [2.45, 2.75) is 37.6 Å². The van der Waals surface area contributed by atoms with Crippen LogP contribution in [0.25, 0.3) is 0 Å². The van der Waals surface area contributed by atoms with Crippen molar-refractivity contribution in [3.05, 3.63) is 53.3 Å². The van der Waals surface area contributed by atoms with Crippen LogP contribution in [0.2, 0.25) is 0 Å². The Hall–Kier alpha value is -3.28. The van der Waals surface area contributed by atoms with Gasteiger partial charge < -0.3 is 20.5 Å². The lowest BCUT2D eigenvalue weighted by atomic mass is 9.77. The van der Waals surface area contributed by atoms with Gasteiger partial charge in [-0.05, 0) is 25.1 Å². The topological polar surface area (TPSA) is 104 Å². The standard InChI is InChI=1S/C21H20F5N3O4/c1-9-14(11-4-5-12(22)15(23)16(11)32-3)17(33-20(9,2)21(24,25)26)19(31)29-10-6-7-28-13(8-10)18(27)30/h4-9,14,17H,1-3H3,(H2,27,30)(H,28,29,31)/t9-,14-,17-,20+/m0/s1/i6D. The van der Waals surface area contributed by atoms with E-state index >= 15 is 0 Å². The first-order valence-electron chi connectivity index (χ1n) is 10.1. The first kappa shape index (κ1) is 22.9. The van der Waals surface area contributed by atoms with Gasteiger partial charge in [0, 0.05) is 29.3 Å². The summed E-state index contributed by atoms with van der Waals surface area (Å²) in [4.78, 5) is 28.1. The number of carbonyl (C=O) groups is 2. The molecule has 1 saturated heterocycles. The third-order valence-corrected chi connectivity index (χ3v) is 5.79. The number of nitrogens with two attached hydrogens (primary N) is 1. The Balaban J connectivity index is 2.10. The molecule has 1 fully saturated rings. The van der Waals surface area contributed by atoms with Gasteiger partial charge in [-0.3, -0.25) is 14.6 Å². The maximum Gasteiger partial charge on any atom is 0.417 e. The number of rotatable bonds is 5. The quantitative estimate of drug-likeness (QED) is 0.646. The number of ether oxygens (including phenoxy) is 2. The summed E-state index contributed by atoms with van der Waals surface area (Å²) in [6.07, 6.45) is -5.87. The van der Waals surface area contributed by atoms with E-state index in [0.717, 1.165) is 32.4 Å². The van der Waals surface area contributed by atoms with Gasteiger partial charge in [0.05, 0.1) is 8.48 Å². The van der Waals surface area contributed by atoms with E-state index in [9.17, 15) is 31.5 Å². The van der Waals surface area contributed by atoms with E-state index in [-0.39, 0.29) is 23.0 Å². The van der Waals surface area contributed by atoms with Crippen LogP contribution in [0.5, 0.6) is 5.75 Å². The third-order valence-electron chi connectivity index (χ3n) is 5.79. The number of hydrogen-bond acceptors (Lipinski definition) is 5. The number of primary amides is 1. The fourth-order valence-corrected chi connectivity index (χ4v) is 3.84. The van der Waals surface area contributed by atoms with E-state index in [1.54, 1.807) is 0 Å². The molecule has 3 N–H and O–H groups in total. The number of aromatic nitrogens is 1. The Bertz CT molecular complexity index is 1150. The van der Waals surface area contributed by atoms with E-state index in [0.29, 0.717) is 6.07 Å².